The van der Waals surface area contributed by atoms with Crippen LogP contribution in [0, 0.1) is 3.57 Å². The van der Waals surface area contributed by atoms with Crippen molar-refractivity contribution in [2.45, 2.75) is 82.7 Å². The maximum atomic E-state index is 12.5. The van der Waals surface area contributed by atoms with E-state index >= 15 is 0 Å². The van der Waals surface area contributed by atoms with Crippen molar-refractivity contribution in [2.24, 2.45) is 0 Å². The Hall–Kier alpha value is -6.13. The number of rotatable bonds is 13. The number of aromatic nitrogens is 2. The summed E-state index contributed by atoms with van der Waals surface area (Å²) in [7, 11) is 2.92. The highest BCUT2D eigenvalue weighted by Crippen LogP contribution is 2.42. The summed E-state index contributed by atoms with van der Waals surface area (Å²) >= 11 is 2.33. The van der Waals surface area contributed by atoms with E-state index in [0.29, 0.717) is 35.8 Å². The SMILES string of the molecule is COC(=O)c1cc(C2CC2)ccc1Cc1ccc2c(ccn2Cc2ccc(I)cc2)c1.COC(=O)c1cc(C2CC2)ccc1Cc1ccc2c(ccn2Cc2ccc(N3CCCCC3)cc2)c1. The topological polar surface area (TPSA) is 65.7 Å². The number of methoxy groups -OCH3 is 2. The van der Waals surface area contributed by atoms with Gasteiger partial charge in [0.25, 0.3) is 0 Å². The average Bonchev–Trinajstić information content (AvgIpc) is 4.32. The highest BCUT2D eigenvalue weighted by atomic mass is 127. The number of ether oxygens (including phenoxy) is 2. The number of anilines is 1. The van der Waals surface area contributed by atoms with Crippen molar-refractivity contribution in [3.05, 3.63) is 205 Å². The molecule has 0 atom stereocenters. The third kappa shape index (κ3) is 10.5. The van der Waals surface area contributed by atoms with Gasteiger partial charge in [0, 0.05) is 58.9 Å². The number of halogens is 1. The molecule has 1 aliphatic heterocycles. The van der Waals surface area contributed by atoms with Crippen LogP contribution >= 0.6 is 22.6 Å². The van der Waals surface area contributed by atoms with Gasteiger partial charge in [-0.15, -0.1) is 0 Å². The Morgan fingerprint density at radius 2 is 0.970 bits per heavy atom. The van der Waals surface area contributed by atoms with Gasteiger partial charge in [-0.1, -0.05) is 60.7 Å². The maximum absolute atomic E-state index is 12.5. The van der Waals surface area contributed by atoms with Crippen LogP contribution in [0.3, 0.4) is 0 Å². The molecule has 2 aromatic heterocycles. The summed E-state index contributed by atoms with van der Waals surface area (Å²) in [6.07, 6.45) is 14.6. The van der Waals surface area contributed by atoms with Crippen LogP contribution in [0.25, 0.3) is 21.8 Å². The van der Waals surface area contributed by atoms with Crippen LogP contribution in [0.5, 0.6) is 0 Å². The van der Waals surface area contributed by atoms with Gasteiger partial charge in [-0.2, -0.15) is 0 Å². The van der Waals surface area contributed by atoms with E-state index in [1.54, 1.807) is 0 Å². The van der Waals surface area contributed by atoms with Gasteiger partial charge in [-0.05, 0) is 220 Å². The van der Waals surface area contributed by atoms with Crippen LogP contribution in [-0.4, -0.2) is 48.4 Å². The van der Waals surface area contributed by atoms with Crippen molar-refractivity contribution in [1.29, 1.82) is 0 Å². The number of benzene rings is 6. The minimum Gasteiger partial charge on any atom is -0.465 e. The van der Waals surface area contributed by atoms with Crippen molar-refractivity contribution in [1.82, 2.24) is 9.13 Å². The number of carbonyl (C=O) groups excluding carboxylic acids is 2. The first-order valence-corrected chi connectivity index (χ1v) is 25.0. The lowest BCUT2D eigenvalue weighted by Crippen LogP contribution is -2.29. The Balaban J connectivity index is 0.000000159. The highest BCUT2D eigenvalue weighted by molar-refractivity contribution is 14.1. The normalized spacial score (nSPS) is 14.8. The zero-order chi connectivity index (χ0) is 45.9. The van der Waals surface area contributed by atoms with Gasteiger partial charge in [-0.25, -0.2) is 9.59 Å². The molecular weight excluding hydrogens is 942 g/mol. The summed E-state index contributed by atoms with van der Waals surface area (Å²) in [6.45, 7) is 4.07. The van der Waals surface area contributed by atoms with Crippen molar-refractivity contribution in [3.63, 3.8) is 0 Å². The number of carbonyl (C=O) groups is 2. The highest BCUT2D eigenvalue weighted by Gasteiger charge is 2.27. The zero-order valence-corrected chi connectivity index (χ0v) is 40.7. The third-order valence-corrected chi connectivity index (χ3v) is 14.6. The van der Waals surface area contributed by atoms with E-state index in [1.807, 2.05) is 12.1 Å². The largest absolute Gasteiger partial charge is 0.465 e. The fraction of sp³-hybridized carbons (Fsp3) is 0.288. The third-order valence-electron chi connectivity index (χ3n) is 13.9. The molecule has 3 fully saturated rings. The molecule has 0 unspecified atom stereocenters. The standard InChI is InChI=1S/C32H34N2O2.C27H24INO2/c1-36-32(35)30-21-26(25-8-9-25)10-11-27(30)19-24-7-14-31-28(20-24)15-18-34(31)22-23-5-12-29(13-6-23)33-16-3-2-4-17-33;1-31-27(30)25-16-21(20-5-6-20)7-8-22(25)14-19-4-11-26-23(15-19)12-13-29(26)17-18-2-9-24(28)10-3-18/h5-7,10-15,18,20-21,25H,2-4,8-9,16-17,19,22H2,1H3;2-4,7-13,15-16,20H,5-6,14,17H2,1H3. The maximum Gasteiger partial charge on any atom is 0.338 e. The molecule has 0 N–H and O–H groups in total. The first kappa shape index (κ1) is 44.7. The summed E-state index contributed by atoms with van der Waals surface area (Å²) in [5.74, 6) is 0.731. The van der Waals surface area contributed by atoms with Crippen molar-refractivity contribution < 1.29 is 19.1 Å². The fourth-order valence-electron chi connectivity index (χ4n) is 9.82. The summed E-state index contributed by atoms with van der Waals surface area (Å²) in [5.41, 5.74) is 14.8. The molecule has 0 spiro atoms. The van der Waals surface area contributed by atoms with Gasteiger partial charge >= 0.3 is 11.9 Å². The van der Waals surface area contributed by atoms with Crippen LogP contribution in [0.2, 0.25) is 0 Å². The quantitative estimate of drug-likeness (QED) is 0.0850. The molecule has 0 radical (unpaired) electrons. The van der Waals surface area contributed by atoms with Crippen molar-refractivity contribution in [3.8, 4) is 0 Å². The smallest absolute Gasteiger partial charge is 0.338 e. The molecule has 7 nitrogen and oxygen atoms in total. The summed E-state index contributed by atoms with van der Waals surface area (Å²) in [4.78, 5) is 27.4. The molecule has 340 valence electrons. The molecule has 3 aliphatic rings. The molecular formula is C59H58IN3O4. The number of esters is 2. The van der Waals surface area contributed by atoms with Gasteiger partial charge in [0.15, 0.2) is 0 Å². The number of hydrogen-bond donors (Lipinski definition) is 0. The van der Waals surface area contributed by atoms with Crippen LogP contribution in [0.15, 0.2) is 146 Å². The Morgan fingerprint density at radius 3 is 1.42 bits per heavy atom. The lowest BCUT2D eigenvalue weighted by molar-refractivity contribution is 0.0590. The van der Waals surface area contributed by atoms with Gasteiger partial charge in [0.2, 0.25) is 0 Å². The number of piperidine rings is 1. The lowest BCUT2D eigenvalue weighted by atomic mass is 9.96. The first-order chi connectivity index (χ1) is 32.8. The van der Waals surface area contributed by atoms with Gasteiger partial charge in [0.1, 0.15) is 0 Å². The predicted molar refractivity (Wildman–Crippen MR) is 279 cm³/mol. The Bertz CT molecular complexity index is 3040. The summed E-state index contributed by atoms with van der Waals surface area (Å²) < 4.78 is 16.0. The van der Waals surface area contributed by atoms with E-state index in [1.165, 1.54) is 137 Å². The van der Waals surface area contributed by atoms with Crippen molar-refractivity contribution >= 4 is 62.0 Å². The van der Waals surface area contributed by atoms with Gasteiger partial charge in [0.05, 0.1) is 25.3 Å². The molecule has 1 saturated heterocycles. The van der Waals surface area contributed by atoms with Crippen LogP contribution in [0.4, 0.5) is 5.69 Å². The minimum atomic E-state index is -0.248. The lowest BCUT2D eigenvalue weighted by Gasteiger charge is -2.28. The van der Waals surface area contributed by atoms with Crippen molar-refractivity contribution in [2.75, 3.05) is 32.2 Å². The Labute approximate surface area is 407 Å². The van der Waals surface area contributed by atoms with E-state index in [9.17, 15) is 9.59 Å². The Morgan fingerprint density at radius 1 is 0.522 bits per heavy atom. The molecule has 67 heavy (non-hydrogen) atoms. The molecule has 8 heteroatoms. The minimum absolute atomic E-state index is 0.244. The average molecular weight is 1000 g/mol. The van der Waals surface area contributed by atoms with Crippen LogP contribution < -0.4 is 4.90 Å². The molecule has 2 saturated carbocycles. The fourth-order valence-corrected chi connectivity index (χ4v) is 10.2. The monoisotopic (exact) mass is 999 g/mol. The number of nitrogens with zero attached hydrogens (tertiary/aromatic N) is 3. The number of hydrogen-bond acceptors (Lipinski definition) is 5. The molecule has 8 aromatic rings. The molecule has 0 bridgehead atoms. The van der Waals surface area contributed by atoms with E-state index in [-0.39, 0.29) is 11.9 Å². The molecule has 0 amide bonds. The van der Waals surface area contributed by atoms with Gasteiger partial charge in [-0.3, -0.25) is 0 Å². The number of fused-ring (bicyclic) bond motifs is 2. The summed E-state index contributed by atoms with van der Waals surface area (Å²) in [5, 5.41) is 2.45. The zero-order valence-electron chi connectivity index (χ0n) is 38.6. The van der Waals surface area contributed by atoms with Gasteiger partial charge < -0.3 is 23.5 Å². The van der Waals surface area contributed by atoms with E-state index in [0.717, 1.165) is 24.2 Å². The predicted octanol–water partition coefficient (Wildman–Crippen LogP) is 13.5. The van der Waals surface area contributed by atoms with Crippen LogP contribution in [0.1, 0.15) is 122 Å². The molecule has 11 rings (SSSR count). The van der Waals surface area contributed by atoms with E-state index < -0.39 is 0 Å². The van der Waals surface area contributed by atoms with E-state index in [4.69, 9.17) is 9.47 Å². The summed E-state index contributed by atoms with van der Waals surface area (Å²) in [6, 6.07) is 48.0. The first-order valence-electron chi connectivity index (χ1n) is 23.9. The molecule has 6 aromatic carbocycles. The Kier molecular flexibility index (Phi) is 13.3. The van der Waals surface area contributed by atoms with E-state index in [2.05, 4.69) is 170 Å². The molecule has 3 heterocycles. The second-order valence-electron chi connectivity index (χ2n) is 18.7. The molecule has 2 aliphatic carbocycles. The van der Waals surface area contributed by atoms with Crippen LogP contribution in [-0.2, 0) is 35.4 Å². The second kappa shape index (κ2) is 20.0. The second-order valence-corrected chi connectivity index (χ2v) is 20.0.